The van der Waals surface area contributed by atoms with Gasteiger partial charge in [-0.05, 0) is 39.3 Å². The largest absolute Gasteiger partial charge is 0.444 e. The van der Waals surface area contributed by atoms with Crippen LogP contribution in [0.4, 0.5) is 4.79 Å². The molecule has 1 unspecified atom stereocenters. The molecule has 1 aliphatic heterocycles. The Kier molecular flexibility index (Phi) is 4.85. The molecule has 7 nitrogen and oxygen atoms in total. The average Bonchev–Trinajstić information content (AvgIpc) is 2.85. The highest BCUT2D eigenvalue weighted by molar-refractivity contribution is 6.29. The average molecular weight is 327 g/mol. The summed E-state index contributed by atoms with van der Waals surface area (Å²) in [7, 11) is 0. The molecule has 120 valence electrons. The molecule has 1 atom stereocenters. The summed E-state index contributed by atoms with van der Waals surface area (Å²) in [6.07, 6.45) is 0.199. The summed E-state index contributed by atoms with van der Waals surface area (Å²) in [5, 5.41) is 10.4. The summed E-state index contributed by atoms with van der Waals surface area (Å²) >= 11 is 5.65. The van der Waals surface area contributed by atoms with E-state index in [0.29, 0.717) is 19.5 Å². The van der Waals surface area contributed by atoms with Crippen LogP contribution in [-0.4, -0.2) is 51.8 Å². The van der Waals surface area contributed by atoms with Gasteiger partial charge in [0.25, 0.3) is 5.91 Å². The van der Waals surface area contributed by atoms with Crippen molar-refractivity contribution in [3.05, 3.63) is 23.0 Å². The number of nitrogens with zero attached hydrogens (tertiary/aromatic N) is 3. The predicted octanol–water partition coefficient (Wildman–Crippen LogP) is 1.87. The Balaban J connectivity index is 1.88. The number of hydrogen-bond acceptors (Lipinski definition) is 5. The molecule has 22 heavy (non-hydrogen) atoms. The van der Waals surface area contributed by atoms with Crippen LogP contribution in [0.1, 0.15) is 37.7 Å². The molecule has 0 aromatic carbocycles. The molecule has 8 heteroatoms. The Labute approximate surface area is 134 Å². The van der Waals surface area contributed by atoms with Gasteiger partial charge in [-0.2, -0.15) is 0 Å². The summed E-state index contributed by atoms with van der Waals surface area (Å²) in [4.78, 5) is 25.6. The zero-order chi connectivity index (χ0) is 16.3. The molecule has 1 N–H and O–H groups in total. The second-order valence-corrected chi connectivity index (χ2v) is 6.51. The van der Waals surface area contributed by atoms with Gasteiger partial charge in [-0.3, -0.25) is 4.79 Å². The van der Waals surface area contributed by atoms with E-state index in [1.54, 1.807) is 25.7 Å². The molecule has 2 heterocycles. The number of likely N-dealkylation sites (tertiary alicyclic amines) is 1. The van der Waals surface area contributed by atoms with Gasteiger partial charge in [-0.25, -0.2) is 4.79 Å². The fourth-order valence-corrected chi connectivity index (χ4v) is 2.23. The van der Waals surface area contributed by atoms with Crippen molar-refractivity contribution in [3.8, 4) is 0 Å². The van der Waals surface area contributed by atoms with Gasteiger partial charge in [0.2, 0.25) is 0 Å². The Hall–Kier alpha value is -1.89. The third-order valence-corrected chi connectivity index (χ3v) is 3.25. The monoisotopic (exact) mass is 326 g/mol. The Morgan fingerprint density at radius 2 is 2.09 bits per heavy atom. The van der Waals surface area contributed by atoms with Gasteiger partial charge in [0, 0.05) is 13.1 Å². The number of hydrogen-bond donors (Lipinski definition) is 1. The molecule has 1 fully saturated rings. The number of rotatable bonds is 2. The van der Waals surface area contributed by atoms with Crippen LogP contribution in [0.25, 0.3) is 0 Å². The first-order valence-corrected chi connectivity index (χ1v) is 7.40. The van der Waals surface area contributed by atoms with Crippen molar-refractivity contribution in [3.63, 3.8) is 0 Å². The van der Waals surface area contributed by atoms with E-state index in [-0.39, 0.29) is 22.8 Å². The maximum atomic E-state index is 12.3. The van der Waals surface area contributed by atoms with E-state index in [4.69, 9.17) is 16.3 Å². The second kappa shape index (κ2) is 6.48. The van der Waals surface area contributed by atoms with Crippen molar-refractivity contribution in [2.75, 3.05) is 13.1 Å². The Morgan fingerprint density at radius 1 is 1.36 bits per heavy atom. The highest BCUT2D eigenvalue weighted by Crippen LogP contribution is 2.14. The maximum absolute atomic E-state index is 12.3. The van der Waals surface area contributed by atoms with Crippen molar-refractivity contribution in [2.45, 2.75) is 38.8 Å². The third-order valence-electron chi connectivity index (χ3n) is 3.05. The van der Waals surface area contributed by atoms with E-state index < -0.39 is 11.7 Å². The van der Waals surface area contributed by atoms with Crippen LogP contribution in [0.15, 0.2) is 12.1 Å². The lowest BCUT2D eigenvalue weighted by atomic mass is 10.2. The maximum Gasteiger partial charge on any atom is 0.407 e. The summed E-state index contributed by atoms with van der Waals surface area (Å²) in [6, 6.07) is 2.93. The molecule has 1 saturated heterocycles. The molecule has 0 spiro atoms. The quantitative estimate of drug-likeness (QED) is 0.896. The standard InChI is InChI=1S/C14H19ClN4O3/c1-14(2,3)22-13(21)16-9-6-7-19(8-9)12(20)10-4-5-11(15)18-17-10/h4-5,9H,6-8H2,1-3H3,(H,16,21). The number of alkyl carbamates (subject to hydrolysis) is 1. The van der Waals surface area contributed by atoms with Crippen LogP contribution in [0.5, 0.6) is 0 Å². The molecule has 1 aromatic heterocycles. The molecule has 0 aliphatic carbocycles. The minimum Gasteiger partial charge on any atom is -0.444 e. The van der Waals surface area contributed by atoms with Crippen molar-refractivity contribution in [1.29, 1.82) is 0 Å². The fourth-order valence-electron chi connectivity index (χ4n) is 2.13. The van der Waals surface area contributed by atoms with Gasteiger partial charge >= 0.3 is 6.09 Å². The second-order valence-electron chi connectivity index (χ2n) is 6.12. The highest BCUT2D eigenvalue weighted by atomic mass is 35.5. The third kappa shape index (κ3) is 4.56. The number of carbonyl (C=O) groups is 2. The zero-order valence-corrected chi connectivity index (χ0v) is 13.6. The molecule has 2 amide bonds. The minimum absolute atomic E-state index is 0.126. The lowest BCUT2D eigenvalue weighted by Gasteiger charge is -2.22. The lowest BCUT2D eigenvalue weighted by Crippen LogP contribution is -2.41. The summed E-state index contributed by atoms with van der Waals surface area (Å²) in [5.41, 5.74) is -0.306. The molecule has 2 rings (SSSR count). The van der Waals surface area contributed by atoms with E-state index in [9.17, 15) is 9.59 Å². The van der Waals surface area contributed by atoms with Gasteiger partial charge in [0.15, 0.2) is 10.8 Å². The van der Waals surface area contributed by atoms with Crippen molar-refractivity contribution in [2.24, 2.45) is 0 Å². The van der Waals surface area contributed by atoms with Gasteiger partial charge in [0.05, 0.1) is 6.04 Å². The first-order chi connectivity index (χ1) is 10.2. The van der Waals surface area contributed by atoms with Crippen LogP contribution in [0.2, 0.25) is 5.15 Å². The van der Waals surface area contributed by atoms with Crippen LogP contribution >= 0.6 is 11.6 Å². The molecular formula is C14H19ClN4O3. The first-order valence-electron chi connectivity index (χ1n) is 7.02. The summed E-state index contributed by atoms with van der Waals surface area (Å²) in [6.45, 7) is 6.37. The molecule has 0 saturated carbocycles. The Bertz CT molecular complexity index is 556. The first kappa shape index (κ1) is 16.5. The SMILES string of the molecule is CC(C)(C)OC(=O)NC1CCN(C(=O)c2ccc(Cl)nn2)C1. The van der Waals surface area contributed by atoms with Crippen LogP contribution < -0.4 is 5.32 Å². The summed E-state index contributed by atoms with van der Waals surface area (Å²) < 4.78 is 5.20. The van der Waals surface area contributed by atoms with Gasteiger partial charge in [-0.15, -0.1) is 10.2 Å². The fraction of sp³-hybridized carbons (Fsp3) is 0.571. The Morgan fingerprint density at radius 3 is 2.68 bits per heavy atom. The summed E-state index contributed by atoms with van der Waals surface area (Å²) in [5.74, 6) is -0.224. The number of nitrogens with one attached hydrogen (secondary N) is 1. The van der Waals surface area contributed by atoms with Gasteiger partial charge in [-0.1, -0.05) is 11.6 Å². The van der Waals surface area contributed by atoms with E-state index in [2.05, 4.69) is 15.5 Å². The molecule has 0 bridgehead atoms. The molecule has 1 aliphatic rings. The normalized spacial score (nSPS) is 18.2. The number of carbonyl (C=O) groups excluding carboxylic acids is 2. The van der Waals surface area contributed by atoms with Crippen molar-refractivity contribution < 1.29 is 14.3 Å². The van der Waals surface area contributed by atoms with E-state index in [0.717, 1.165) is 0 Å². The number of halogens is 1. The molecule has 0 radical (unpaired) electrons. The zero-order valence-electron chi connectivity index (χ0n) is 12.8. The van der Waals surface area contributed by atoms with Crippen molar-refractivity contribution >= 4 is 23.6 Å². The van der Waals surface area contributed by atoms with E-state index in [1.165, 1.54) is 12.1 Å². The predicted molar refractivity (Wildman–Crippen MR) is 80.7 cm³/mol. The van der Waals surface area contributed by atoms with E-state index in [1.807, 2.05) is 0 Å². The topological polar surface area (TPSA) is 84.4 Å². The number of aromatic nitrogens is 2. The van der Waals surface area contributed by atoms with Gasteiger partial charge < -0.3 is 15.0 Å². The number of ether oxygens (including phenoxy) is 1. The van der Waals surface area contributed by atoms with Crippen LogP contribution in [-0.2, 0) is 4.74 Å². The molecule has 1 aromatic rings. The van der Waals surface area contributed by atoms with Crippen molar-refractivity contribution in [1.82, 2.24) is 20.4 Å². The van der Waals surface area contributed by atoms with Gasteiger partial charge in [0.1, 0.15) is 5.60 Å². The lowest BCUT2D eigenvalue weighted by molar-refractivity contribution is 0.0502. The smallest absolute Gasteiger partial charge is 0.407 e. The van der Waals surface area contributed by atoms with Crippen LogP contribution in [0, 0.1) is 0 Å². The highest BCUT2D eigenvalue weighted by Gasteiger charge is 2.30. The van der Waals surface area contributed by atoms with Crippen LogP contribution in [0.3, 0.4) is 0 Å². The van der Waals surface area contributed by atoms with E-state index >= 15 is 0 Å². The molecular weight excluding hydrogens is 308 g/mol. The minimum atomic E-state index is -0.545. The number of amides is 2.